The van der Waals surface area contributed by atoms with Gasteiger partial charge in [-0.1, -0.05) is 47.1 Å². The Morgan fingerprint density at radius 2 is 2.06 bits per heavy atom. The second kappa shape index (κ2) is 10.8. The summed E-state index contributed by atoms with van der Waals surface area (Å²) in [4.78, 5) is 40.9. The molecular weight excluding hydrogens is 476 g/mol. The molecule has 3 aromatic rings. The van der Waals surface area contributed by atoms with Crippen LogP contribution in [-0.2, 0) is 11.3 Å². The zero-order valence-corrected chi connectivity index (χ0v) is 19.9. The summed E-state index contributed by atoms with van der Waals surface area (Å²) in [7, 11) is 0. The summed E-state index contributed by atoms with van der Waals surface area (Å²) in [6, 6.07) is 11.0. The first kappa shape index (κ1) is 24.0. The van der Waals surface area contributed by atoms with Crippen molar-refractivity contribution in [3.05, 3.63) is 79.6 Å². The maximum absolute atomic E-state index is 13.2. The highest BCUT2D eigenvalue weighted by Gasteiger charge is 2.16. The zero-order valence-electron chi connectivity index (χ0n) is 18.3. The number of halogens is 1. The van der Waals surface area contributed by atoms with Gasteiger partial charge in [0.25, 0.3) is 11.2 Å². The quantitative estimate of drug-likeness (QED) is 0.143. The van der Waals surface area contributed by atoms with Crippen molar-refractivity contribution in [2.75, 3.05) is 11.1 Å². The molecule has 8 nitrogen and oxygen atoms in total. The number of rotatable bonds is 8. The number of benzene rings is 2. The van der Waals surface area contributed by atoms with Gasteiger partial charge in [-0.3, -0.25) is 24.3 Å². The normalized spacial score (nSPS) is 13.5. The van der Waals surface area contributed by atoms with E-state index in [1.807, 2.05) is 12.1 Å². The number of amides is 1. The van der Waals surface area contributed by atoms with Crippen molar-refractivity contribution in [1.82, 2.24) is 9.55 Å². The van der Waals surface area contributed by atoms with Gasteiger partial charge >= 0.3 is 0 Å². The smallest absolute Gasteiger partial charge is 0.271 e. The number of allylic oxidation sites excluding steroid dienone is 2. The van der Waals surface area contributed by atoms with Crippen molar-refractivity contribution in [3.63, 3.8) is 0 Å². The molecule has 0 spiro atoms. The average molecular weight is 499 g/mol. The molecule has 0 atom stereocenters. The lowest BCUT2D eigenvalue weighted by atomic mass is 9.97. The largest absolute Gasteiger partial charge is 0.324 e. The Balaban J connectivity index is 1.54. The number of carbonyl (C=O) groups excluding carboxylic acids is 1. The average Bonchev–Trinajstić information content (AvgIpc) is 2.84. The van der Waals surface area contributed by atoms with Gasteiger partial charge < -0.3 is 5.32 Å². The Kier molecular flexibility index (Phi) is 7.64. The number of nitrogens with one attached hydrogen (secondary N) is 1. The van der Waals surface area contributed by atoms with E-state index in [9.17, 15) is 19.7 Å². The number of hydrogen-bond donors (Lipinski definition) is 1. The minimum absolute atomic E-state index is 0.0352. The van der Waals surface area contributed by atoms with Gasteiger partial charge in [0.2, 0.25) is 5.91 Å². The van der Waals surface area contributed by atoms with E-state index in [-0.39, 0.29) is 27.7 Å². The Bertz CT molecular complexity index is 1340. The van der Waals surface area contributed by atoms with Gasteiger partial charge in [0.1, 0.15) is 0 Å². The van der Waals surface area contributed by atoms with E-state index in [4.69, 9.17) is 11.6 Å². The van der Waals surface area contributed by atoms with Crippen LogP contribution in [0.4, 0.5) is 11.4 Å². The van der Waals surface area contributed by atoms with Gasteiger partial charge in [-0.15, -0.1) is 0 Å². The van der Waals surface area contributed by atoms with Crippen LogP contribution in [0.1, 0.15) is 32.1 Å². The highest BCUT2D eigenvalue weighted by molar-refractivity contribution is 7.99. The fourth-order valence-electron chi connectivity index (χ4n) is 3.88. The standard InChI is InChI=1S/C24H23ClN4O4S/c25-19-11-10-17(29(32)33)14-21(19)26-22(30)15-34-24-27-20-9-5-4-8-18(20)23(31)28(24)13-12-16-6-2-1-3-7-16/h4-6,8-11,14H,1-3,7,12-13,15H2,(H,26,30). The molecule has 1 aliphatic carbocycles. The molecule has 4 rings (SSSR count). The molecule has 0 radical (unpaired) electrons. The first-order valence-electron chi connectivity index (χ1n) is 11.0. The molecule has 34 heavy (non-hydrogen) atoms. The van der Waals surface area contributed by atoms with Crippen molar-refractivity contribution < 1.29 is 9.72 Å². The molecular formula is C24H23ClN4O4S. The second-order valence-electron chi connectivity index (χ2n) is 7.98. The molecule has 176 valence electrons. The van der Waals surface area contributed by atoms with Gasteiger partial charge in [-0.2, -0.15) is 0 Å². The van der Waals surface area contributed by atoms with Gasteiger partial charge in [-0.05, 0) is 50.3 Å². The van der Waals surface area contributed by atoms with Crippen molar-refractivity contribution in [1.29, 1.82) is 0 Å². The summed E-state index contributed by atoms with van der Waals surface area (Å²) in [6.07, 6.45) is 7.51. The molecule has 0 unspecified atom stereocenters. The van der Waals surface area contributed by atoms with E-state index in [0.717, 1.165) is 31.0 Å². The molecule has 1 N–H and O–H groups in total. The van der Waals surface area contributed by atoms with Crippen molar-refractivity contribution in [2.24, 2.45) is 0 Å². The zero-order chi connectivity index (χ0) is 24.1. The second-order valence-corrected chi connectivity index (χ2v) is 9.33. The number of carbonyl (C=O) groups is 1. The van der Waals surface area contributed by atoms with E-state index in [1.165, 1.54) is 36.6 Å². The SMILES string of the molecule is O=C(CSc1nc2ccccc2c(=O)n1CCC1=CCCCC1)Nc1cc([N+](=O)[O-])ccc1Cl. The minimum atomic E-state index is -0.555. The van der Waals surface area contributed by atoms with Crippen molar-refractivity contribution in [2.45, 2.75) is 43.8 Å². The number of para-hydroxylation sites is 1. The molecule has 2 aromatic carbocycles. The number of nitrogens with zero attached hydrogens (tertiary/aromatic N) is 3. The predicted octanol–water partition coefficient (Wildman–Crippen LogP) is 5.58. The number of non-ortho nitro benzene ring substituents is 1. The third kappa shape index (κ3) is 5.66. The maximum Gasteiger partial charge on any atom is 0.271 e. The van der Waals surface area contributed by atoms with Crippen LogP contribution in [0.15, 0.2) is 64.1 Å². The lowest BCUT2D eigenvalue weighted by molar-refractivity contribution is -0.384. The fourth-order valence-corrected chi connectivity index (χ4v) is 4.87. The highest BCUT2D eigenvalue weighted by Crippen LogP contribution is 2.27. The maximum atomic E-state index is 13.2. The summed E-state index contributed by atoms with van der Waals surface area (Å²) >= 11 is 7.23. The number of thioether (sulfide) groups is 1. The van der Waals surface area contributed by atoms with E-state index in [1.54, 1.807) is 16.7 Å². The monoisotopic (exact) mass is 498 g/mol. The van der Waals surface area contributed by atoms with E-state index >= 15 is 0 Å². The summed E-state index contributed by atoms with van der Waals surface area (Å²) in [6.45, 7) is 0.489. The molecule has 0 aliphatic heterocycles. The number of fused-ring (bicyclic) bond motifs is 1. The van der Waals surface area contributed by atoms with Crippen molar-refractivity contribution in [3.8, 4) is 0 Å². The Morgan fingerprint density at radius 1 is 1.24 bits per heavy atom. The van der Waals surface area contributed by atoms with E-state index in [2.05, 4.69) is 16.4 Å². The molecule has 1 heterocycles. The molecule has 0 saturated carbocycles. The lowest BCUT2D eigenvalue weighted by Crippen LogP contribution is -2.24. The molecule has 1 aliphatic rings. The fraction of sp³-hybridized carbons (Fsp3) is 0.292. The predicted molar refractivity (Wildman–Crippen MR) is 135 cm³/mol. The Labute approximate surface area is 205 Å². The van der Waals surface area contributed by atoms with Crippen LogP contribution in [0.2, 0.25) is 5.02 Å². The number of anilines is 1. The number of aromatic nitrogens is 2. The molecule has 1 amide bonds. The van der Waals surface area contributed by atoms with Crippen LogP contribution in [0.25, 0.3) is 10.9 Å². The van der Waals surface area contributed by atoms with Gasteiger partial charge in [-0.25, -0.2) is 4.98 Å². The van der Waals surface area contributed by atoms with Gasteiger partial charge in [0.15, 0.2) is 5.16 Å². The number of nitro benzene ring substituents is 1. The first-order valence-corrected chi connectivity index (χ1v) is 12.3. The Morgan fingerprint density at radius 3 is 2.82 bits per heavy atom. The van der Waals surface area contributed by atoms with E-state index < -0.39 is 10.8 Å². The van der Waals surface area contributed by atoms with Gasteiger partial charge in [0.05, 0.1) is 32.3 Å². The summed E-state index contributed by atoms with van der Waals surface area (Å²) in [5, 5.41) is 14.8. The number of nitro groups is 1. The Hall–Kier alpha value is -3.17. The molecule has 1 aromatic heterocycles. The van der Waals surface area contributed by atoms with Crippen LogP contribution in [-0.4, -0.2) is 26.1 Å². The summed E-state index contributed by atoms with van der Waals surface area (Å²) in [5.74, 6) is -0.441. The van der Waals surface area contributed by atoms with Crippen LogP contribution < -0.4 is 10.9 Å². The summed E-state index contributed by atoms with van der Waals surface area (Å²) < 4.78 is 1.63. The molecule has 0 bridgehead atoms. The minimum Gasteiger partial charge on any atom is -0.324 e. The third-order valence-electron chi connectivity index (χ3n) is 5.64. The first-order chi connectivity index (χ1) is 16.4. The molecule has 10 heteroatoms. The van der Waals surface area contributed by atoms with Crippen molar-refractivity contribution >= 4 is 51.5 Å². The van der Waals surface area contributed by atoms with Crippen LogP contribution >= 0.6 is 23.4 Å². The van der Waals surface area contributed by atoms with Crippen LogP contribution in [0, 0.1) is 10.1 Å². The highest BCUT2D eigenvalue weighted by atomic mass is 35.5. The summed E-state index contributed by atoms with van der Waals surface area (Å²) in [5.41, 5.74) is 1.78. The molecule has 0 saturated heterocycles. The van der Waals surface area contributed by atoms with E-state index in [0.29, 0.717) is 22.6 Å². The van der Waals surface area contributed by atoms with Crippen LogP contribution in [0.5, 0.6) is 0 Å². The lowest BCUT2D eigenvalue weighted by Gasteiger charge is -2.16. The third-order valence-corrected chi connectivity index (χ3v) is 6.94. The number of hydrogen-bond acceptors (Lipinski definition) is 6. The van der Waals surface area contributed by atoms with Crippen LogP contribution in [0.3, 0.4) is 0 Å². The topological polar surface area (TPSA) is 107 Å². The molecule has 0 fully saturated rings. The van der Waals surface area contributed by atoms with Gasteiger partial charge in [0, 0.05) is 18.7 Å².